The van der Waals surface area contributed by atoms with Crippen molar-refractivity contribution in [3.63, 3.8) is 0 Å². The number of carboxylic acids is 2. The fourth-order valence-corrected chi connectivity index (χ4v) is 3.26. The lowest BCUT2D eigenvalue weighted by Crippen LogP contribution is -2.09. The van der Waals surface area contributed by atoms with Gasteiger partial charge in [0.05, 0.1) is 5.69 Å². The zero-order chi connectivity index (χ0) is 21.7. The lowest BCUT2D eigenvalue weighted by Gasteiger charge is -2.13. The van der Waals surface area contributed by atoms with E-state index in [1.165, 1.54) is 16.7 Å². The zero-order valence-electron chi connectivity index (χ0n) is 16.7. The van der Waals surface area contributed by atoms with Gasteiger partial charge in [0.25, 0.3) is 0 Å². The summed E-state index contributed by atoms with van der Waals surface area (Å²) in [5.74, 6) is -2.84. The van der Waals surface area contributed by atoms with Gasteiger partial charge in [0.15, 0.2) is 11.5 Å². The number of aliphatic carboxylic acids is 2. The van der Waals surface area contributed by atoms with Crippen molar-refractivity contribution in [2.75, 3.05) is 5.32 Å². The maximum atomic E-state index is 9.10. The predicted molar refractivity (Wildman–Crippen MR) is 113 cm³/mol. The second-order valence-electron chi connectivity index (χ2n) is 6.42. The molecule has 0 radical (unpaired) electrons. The number of aromatic nitrogens is 3. The quantitative estimate of drug-likeness (QED) is 0.505. The number of aryl methyl sites for hydroxylation is 4. The highest BCUT2D eigenvalue weighted by molar-refractivity contribution is 9.10. The van der Waals surface area contributed by atoms with Gasteiger partial charge in [-0.3, -0.25) is 4.40 Å². The third kappa shape index (κ3) is 5.32. The van der Waals surface area contributed by atoms with Gasteiger partial charge in [0.2, 0.25) is 0 Å². The second kappa shape index (κ2) is 9.51. The Balaban J connectivity index is 0.000000438. The molecule has 2 heterocycles. The third-order valence-electron chi connectivity index (χ3n) is 4.56. The summed E-state index contributed by atoms with van der Waals surface area (Å²) in [6, 6.07) is 6.47. The molecule has 0 bridgehead atoms. The summed E-state index contributed by atoms with van der Waals surface area (Å²) in [6.07, 6.45) is 2.99. The van der Waals surface area contributed by atoms with E-state index in [0.717, 1.165) is 40.4 Å². The number of fused-ring (bicyclic) bond motifs is 1. The lowest BCUT2D eigenvalue weighted by molar-refractivity contribution is -0.159. The Morgan fingerprint density at radius 3 is 2.38 bits per heavy atom. The number of carbonyl (C=O) groups is 2. The van der Waals surface area contributed by atoms with Crippen molar-refractivity contribution < 1.29 is 19.8 Å². The van der Waals surface area contributed by atoms with Crippen LogP contribution in [0.2, 0.25) is 0 Å². The molecule has 0 aliphatic heterocycles. The number of hydrogen-bond donors (Lipinski definition) is 3. The van der Waals surface area contributed by atoms with E-state index in [9.17, 15) is 0 Å². The lowest BCUT2D eigenvalue weighted by atomic mass is 10.00. The number of benzene rings is 1. The van der Waals surface area contributed by atoms with E-state index in [1.807, 2.05) is 13.1 Å². The van der Waals surface area contributed by atoms with Crippen molar-refractivity contribution in [1.82, 2.24) is 14.4 Å². The van der Waals surface area contributed by atoms with Crippen molar-refractivity contribution in [1.29, 1.82) is 0 Å². The maximum Gasteiger partial charge on any atom is 0.414 e. The van der Waals surface area contributed by atoms with Gasteiger partial charge in [-0.2, -0.15) is 0 Å². The average Bonchev–Trinajstić information content (AvgIpc) is 2.95. The summed E-state index contributed by atoms with van der Waals surface area (Å²) in [6.45, 7) is 9.19. The van der Waals surface area contributed by atoms with Gasteiger partial charge < -0.3 is 15.5 Å². The molecule has 0 amide bonds. The van der Waals surface area contributed by atoms with Gasteiger partial charge in [-0.15, -0.1) is 0 Å². The number of hydrogen-bond acceptors (Lipinski definition) is 5. The minimum atomic E-state index is -1.82. The summed E-state index contributed by atoms with van der Waals surface area (Å²) in [7, 11) is 0. The molecule has 9 heteroatoms. The molecule has 0 atom stereocenters. The third-order valence-corrected chi connectivity index (χ3v) is 4.94. The van der Waals surface area contributed by atoms with Crippen LogP contribution in [0.25, 0.3) is 5.65 Å². The summed E-state index contributed by atoms with van der Waals surface area (Å²) in [4.78, 5) is 27.4. The van der Waals surface area contributed by atoms with Crippen LogP contribution < -0.4 is 5.32 Å². The molecule has 0 saturated heterocycles. The molecule has 3 N–H and O–H groups in total. The molecular weight excluding hydrogens is 440 g/mol. The SMILES string of the molecule is CCc1cccc(C)c1CNc1nc(Br)cn2c(C)c(C)nc12.O=C(O)C(=O)O. The van der Waals surface area contributed by atoms with Crippen LogP contribution in [-0.2, 0) is 22.6 Å². The van der Waals surface area contributed by atoms with Crippen molar-refractivity contribution >= 4 is 39.3 Å². The first-order chi connectivity index (χ1) is 13.6. The molecule has 29 heavy (non-hydrogen) atoms. The van der Waals surface area contributed by atoms with Crippen LogP contribution in [0.1, 0.15) is 35.0 Å². The second-order valence-corrected chi connectivity index (χ2v) is 7.23. The van der Waals surface area contributed by atoms with E-state index < -0.39 is 11.9 Å². The van der Waals surface area contributed by atoms with Crippen LogP contribution in [0.4, 0.5) is 5.82 Å². The number of carboxylic acid groups (broad SMARTS) is 2. The Morgan fingerprint density at radius 2 is 1.79 bits per heavy atom. The van der Waals surface area contributed by atoms with Crippen molar-refractivity contribution in [3.8, 4) is 0 Å². The highest BCUT2D eigenvalue weighted by Crippen LogP contribution is 2.23. The minimum absolute atomic E-state index is 0.750. The van der Waals surface area contributed by atoms with Crippen LogP contribution in [0.3, 0.4) is 0 Å². The molecule has 0 spiro atoms. The number of anilines is 1. The van der Waals surface area contributed by atoms with Crippen LogP contribution in [-0.4, -0.2) is 36.5 Å². The van der Waals surface area contributed by atoms with E-state index in [2.05, 4.69) is 74.6 Å². The van der Waals surface area contributed by atoms with Crippen molar-refractivity contribution in [2.45, 2.75) is 40.7 Å². The van der Waals surface area contributed by atoms with Gasteiger partial charge in [-0.1, -0.05) is 25.1 Å². The van der Waals surface area contributed by atoms with E-state index in [-0.39, 0.29) is 0 Å². The molecule has 0 fully saturated rings. The summed E-state index contributed by atoms with van der Waals surface area (Å²) in [5, 5.41) is 18.3. The number of rotatable bonds is 4. The van der Waals surface area contributed by atoms with E-state index in [4.69, 9.17) is 19.8 Å². The molecule has 0 saturated carbocycles. The Bertz CT molecular complexity index is 1050. The van der Waals surface area contributed by atoms with Gasteiger partial charge in [-0.25, -0.2) is 19.6 Å². The molecule has 0 aliphatic carbocycles. The topological polar surface area (TPSA) is 117 Å². The summed E-state index contributed by atoms with van der Waals surface area (Å²) < 4.78 is 2.88. The summed E-state index contributed by atoms with van der Waals surface area (Å²) >= 11 is 3.50. The van der Waals surface area contributed by atoms with Gasteiger partial charge in [0, 0.05) is 18.4 Å². The minimum Gasteiger partial charge on any atom is -0.473 e. The number of halogens is 1. The fourth-order valence-electron chi connectivity index (χ4n) is 2.88. The Kier molecular flexibility index (Phi) is 7.33. The van der Waals surface area contributed by atoms with Crippen LogP contribution >= 0.6 is 15.9 Å². The monoisotopic (exact) mass is 462 g/mol. The normalized spacial score (nSPS) is 10.4. The first kappa shape index (κ1) is 22.4. The highest BCUT2D eigenvalue weighted by atomic mass is 79.9. The van der Waals surface area contributed by atoms with Gasteiger partial charge >= 0.3 is 11.9 Å². The van der Waals surface area contributed by atoms with E-state index in [0.29, 0.717) is 0 Å². The predicted octanol–water partition coefficient (Wildman–Crippen LogP) is 3.75. The molecule has 3 rings (SSSR count). The standard InChI is InChI=1S/C18H21BrN4.C2H2O4/c1-5-14-8-6-7-11(2)15(14)9-20-17-18-21-12(3)13(4)23(18)10-16(19)22-17;3-1(4)2(5)6/h6-8,10H,5,9H2,1-4H3,(H,20,22);(H,3,4)(H,5,6). The van der Waals surface area contributed by atoms with Gasteiger partial charge in [0.1, 0.15) is 4.60 Å². The average molecular weight is 463 g/mol. The van der Waals surface area contributed by atoms with Crippen LogP contribution in [0, 0.1) is 20.8 Å². The Labute approximate surface area is 176 Å². The summed E-state index contributed by atoms with van der Waals surface area (Å²) in [5.41, 5.74) is 7.05. The number of nitrogens with one attached hydrogen (secondary N) is 1. The molecule has 8 nitrogen and oxygen atoms in total. The molecule has 3 aromatic rings. The van der Waals surface area contributed by atoms with Crippen molar-refractivity contribution in [2.24, 2.45) is 0 Å². The van der Waals surface area contributed by atoms with Crippen molar-refractivity contribution in [3.05, 3.63) is 57.1 Å². The largest absolute Gasteiger partial charge is 0.473 e. The molecular formula is C20H23BrN4O4. The van der Waals surface area contributed by atoms with E-state index in [1.54, 1.807) is 0 Å². The fraction of sp³-hybridized carbons (Fsp3) is 0.300. The zero-order valence-corrected chi connectivity index (χ0v) is 18.2. The number of imidazole rings is 1. The highest BCUT2D eigenvalue weighted by Gasteiger charge is 2.12. The van der Waals surface area contributed by atoms with Gasteiger partial charge in [-0.05, 0) is 59.8 Å². The number of nitrogens with zero attached hydrogens (tertiary/aromatic N) is 3. The Morgan fingerprint density at radius 1 is 1.14 bits per heavy atom. The molecule has 154 valence electrons. The molecule has 0 unspecified atom stereocenters. The molecule has 2 aromatic heterocycles. The molecule has 1 aromatic carbocycles. The smallest absolute Gasteiger partial charge is 0.414 e. The maximum absolute atomic E-state index is 9.10. The first-order valence-electron chi connectivity index (χ1n) is 8.94. The van der Waals surface area contributed by atoms with Crippen LogP contribution in [0.15, 0.2) is 29.0 Å². The Hall–Kier alpha value is -2.94. The first-order valence-corrected chi connectivity index (χ1v) is 9.74. The van der Waals surface area contributed by atoms with Crippen LogP contribution in [0.5, 0.6) is 0 Å². The molecule has 0 aliphatic rings. The van der Waals surface area contributed by atoms with E-state index >= 15 is 0 Å².